The third-order valence-corrected chi connectivity index (χ3v) is 4.17. The Bertz CT molecular complexity index is 631. The predicted molar refractivity (Wildman–Crippen MR) is 88.6 cm³/mol. The predicted octanol–water partition coefficient (Wildman–Crippen LogP) is 3.02. The van der Waals surface area contributed by atoms with Crippen molar-refractivity contribution in [2.24, 2.45) is 0 Å². The number of nitriles is 2. The first-order valence-corrected chi connectivity index (χ1v) is 8.21. The fraction of sp³-hybridized carbons (Fsp3) is 0.294. The van der Waals surface area contributed by atoms with Gasteiger partial charge in [0.25, 0.3) is 0 Å². The first kappa shape index (κ1) is 16.2. The maximum Gasteiger partial charge on any atom is 0.137 e. The number of morpholine rings is 1. The summed E-state index contributed by atoms with van der Waals surface area (Å²) in [6.07, 6.45) is 3.94. The van der Waals surface area contributed by atoms with Crippen LogP contribution in [0.5, 0.6) is 0 Å². The standard InChI is InChI=1S/C17H17N3OS/c1-22-17(20-7-9-21-10-8-20)11-16(15(12-18)13-19)14-5-3-2-4-6-14/h2-6,11H,7-10H2,1H3/b17-11+. The van der Waals surface area contributed by atoms with Crippen LogP contribution in [-0.4, -0.2) is 37.5 Å². The topological polar surface area (TPSA) is 60.0 Å². The normalized spacial score (nSPS) is 14.9. The molecule has 0 aliphatic carbocycles. The Labute approximate surface area is 135 Å². The average molecular weight is 311 g/mol. The Hall–Kier alpha value is -2.21. The summed E-state index contributed by atoms with van der Waals surface area (Å²) < 4.78 is 5.38. The molecule has 0 unspecified atom stereocenters. The van der Waals surface area contributed by atoms with Crippen LogP contribution in [0.3, 0.4) is 0 Å². The van der Waals surface area contributed by atoms with E-state index in [0.29, 0.717) is 18.8 Å². The van der Waals surface area contributed by atoms with Crippen LogP contribution in [0.4, 0.5) is 0 Å². The average Bonchev–Trinajstić information content (AvgIpc) is 2.60. The summed E-state index contributed by atoms with van der Waals surface area (Å²) >= 11 is 1.62. The molecule has 1 aromatic carbocycles. The van der Waals surface area contributed by atoms with Crippen molar-refractivity contribution in [2.45, 2.75) is 0 Å². The molecule has 0 radical (unpaired) electrons. The monoisotopic (exact) mass is 311 g/mol. The second kappa shape index (κ2) is 8.29. The molecule has 1 aliphatic rings. The minimum absolute atomic E-state index is 0.131. The lowest BCUT2D eigenvalue weighted by molar-refractivity contribution is 0.0577. The molecule has 0 amide bonds. The number of allylic oxidation sites excluding steroid dienone is 3. The Balaban J connectivity index is 2.46. The van der Waals surface area contributed by atoms with Crippen LogP contribution in [0, 0.1) is 22.7 Å². The van der Waals surface area contributed by atoms with Gasteiger partial charge in [0, 0.05) is 18.7 Å². The zero-order chi connectivity index (χ0) is 15.8. The van der Waals surface area contributed by atoms with Gasteiger partial charge < -0.3 is 9.64 Å². The molecule has 0 atom stereocenters. The third-order valence-electron chi connectivity index (χ3n) is 3.38. The molecule has 0 saturated carbocycles. The van der Waals surface area contributed by atoms with Gasteiger partial charge in [0.2, 0.25) is 0 Å². The lowest BCUT2D eigenvalue weighted by Gasteiger charge is -2.30. The smallest absolute Gasteiger partial charge is 0.137 e. The number of rotatable bonds is 4. The van der Waals surface area contributed by atoms with Crippen molar-refractivity contribution in [1.29, 1.82) is 10.5 Å². The van der Waals surface area contributed by atoms with Crippen LogP contribution in [0.2, 0.25) is 0 Å². The van der Waals surface area contributed by atoms with Crippen molar-refractivity contribution in [3.63, 3.8) is 0 Å². The van der Waals surface area contributed by atoms with E-state index >= 15 is 0 Å². The van der Waals surface area contributed by atoms with Crippen molar-refractivity contribution in [3.8, 4) is 12.1 Å². The van der Waals surface area contributed by atoms with Gasteiger partial charge in [0.1, 0.15) is 17.7 Å². The van der Waals surface area contributed by atoms with Gasteiger partial charge in [-0.15, -0.1) is 11.8 Å². The zero-order valence-electron chi connectivity index (χ0n) is 12.5. The molecule has 1 fully saturated rings. The van der Waals surface area contributed by atoms with E-state index in [0.717, 1.165) is 23.7 Å². The summed E-state index contributed by atoms with van der Waals surface area (Å²) in [5, 5.41) is 19.6. The first-order chi connectivity index (χ1) is 10.8. The first-order valence-electron chi connectivity index (χ1n) is 6.98. The van der Waals surface area contributed by atoms with Crippen molar-refractivity contribution in [1.82, 2.24) is 4.90 Å². The molecule has 0 spiro atoms. The molecule has 1 aliphatic heterocycles. The van der Waals surface area contributed by atoms with E-state index in [-0.39, 0.29) is 5.57 Å². The zero-order valence-corrected chi connectivity index (χ0v) is 13.3. The van der Waals surface area contributed by atoms with E-state index in [4.69, 9.17) is 4.74 Å². The number of hydrogen-bond donors (Lipinski definition) is 0. The minimum Gasteiger partial charge on any atom is -0.378 e. The second-order valence-electron chi connectivity index (χ2n) is 4.66. The highest BCUT2D eigenvalue weighted by atomic mass is 32.2. The second-order valence-corrected chi connectivity index (χ2v) is 5.49. The molecule has 5 heteroatoms. The third kappa shape index (κ3) is 3.92. The van der Waals surface area contributed by atoms with E-state index in [1.807, 2.05) is 54.8 Å². The van der Waals surface area contributed by atoms with E-state index in [2.05, 4.69) is 4.90 Å². The summed E-state index contributed by atoms with van der Waals surface area (Å²) in [4.78, 5) is 2.23. The van der Waals surface area contributed by atoms with E-state index in [9.17, 15) is 10.5 Å². The molecule has 1 aromatic rings. The van der Waals surface area contributed by atoms with Gasteiger partial charge in [-0.25, -0.2) is 0 Å². The van der Waals surface area contributed by atoms with Gasteiger partial charge in [-0.3, -0.25) is 0 Å². The van der Waals surface area contributed by atoms with Gasteiger partial charge in [-0.2, -0.15) is 10.5 Å². The Morgan fingerprint density at radius 1 is 1.18 bits per heavy atom. The highest BCUT2D eigenvalue weighted by molar-refractivity contribution is 8.02. The van der Waals surface area contributed by atoms with Gasteiger partial charge in [-0.1, -0.05) is 30.3 Å². The van der Waals surface area contributed by atoms with Crippen LogP contribution >= 0.6 is 11.8 Å². The Morgan fingerprint density at radius 2 is 1.82 bits per heavy atom. The summed E-state index contributed by atoms with van der Waals surface area (Å²) in [6.45, 7) is 3.05. The number of nitrogens with zero attached hydrogens (tertiary/aromatic N) is 3. The molecule has 22 heavy (non-hydrogen) atoms. The number of hydrogen-bond acceptors (Lipinski definition) is 5. The summed E-state index contributed by atoms with van der Waals surface area (Å²) in [6, 6.07) is 13.6. The highest BCUT2D eigenvalue weighted by Crippen LogP contribution is 2.27. The van der Waals surface area contributed by atoms with Crippen LogP contribution in [0.1, 0.15) is 5.56 Å². The van der Waals surface area contributed by atoms with Crippen LogP contribution in [0.15, 0.2) is 47.0 Å². The van der Waals surface area contributed by atoms with Crippen molar-refractivity contribution < 1.29 is 4.74 Å². The molecule has 4 nitrogen and oxygen atoms in total. The van der Waals surface area contributed by atoms with Crippen LogP contribution in [-0.2, 0) is 4.74 Å². The van der Waals surface area contributed by atoms with Gasteiger partial charge >= 0.3 is 0 Å². The maximum absolute atomic E-state index is 9.25. The van der Waals surface area contributed by atoms with Crippen molar-refractivity contribution in [2.75, 3.05) is 32.6 Å². The van der Waals surface area contributed by atoms with Crippen molar-refractivity contribution in [3.05, 3.63) is 52.6 Å². The summed E-state index contributed by atoms with van der Waals surface area (Å²) in [5.41, 5.74) is 1.67. The fourth-order valence-electron chi connectivity index (χ4n) is 2.25. The van der Waals surface area contributed by atoms with E-state index < -0.39 is 0 Å². The van der Waals surface area contributed by atoms with Crippen molar-refractivity contribution >= 4 is 17.3 Å². The number of ether oxygens (including phenoxy) is 1. The maximum atomic E-state index is 9.25. The molecule has 1 heterocycles. The Kier molecular flexibility index (Phi) is 6.09. The van der Waals surface area contributed by atoms with Gasteiger partial charge in [0.05, 0.1) is 18.2 Å². The quantitative estimate of drug-likeness (QED) is 0.632. The molecule has 1 saturated heterocycles. The van der Waals surface area contributed by atoms with Crippen LogP contribution < -0.4 is 0 Å². The molecular formula is C17H17N3OS. The largest absolute Gasteiger partial charge is 0.378 e. The number of thioether (sulfide) groups is 1. The Morgan fingerprint density at radius 3 is 2.36 bits per heavy atom. The van der Waals surface area contributed by atoms with E-state index in [1.165, 1.54) is 0 Å². The lowest BCUT2D eigenvalue weighted by Crippen LogP contribution is -2.34. The summed E-state index contributed by atoms with van der Waals surface area (Å²) in [7, 11) is 0. The van der Waals surface area contributed by atoms with Crippen LogP contribution in [0.25, 0.3) is 5.57 Å². The van der Waals surface area contributed by atoms with Gasteiger partial charge in [0.15, 0.2) is 0 Å². The molecule has 0 N–H and O–H groups in total. The molecule has 2 rings (SSSR count). The molecule has 0 aromatic heterocycles. The molecule has 0 bridgehead atoms. The minimum atomic E-state index is 0.131. The lowest BCUT2D eigenvalue weighted by atomic mass is 10.0. The SMILES string of the molecule is CS/C(=C/C(=C(C#N)C#N)c1ccccc1)N1CCOCC1. The fourth-order valence-corrected chi connectivity index (χ4v) is 2.93. The number of benzene rings is 1. The summed E-state index contributed by atoms with van der Waals surface area (Å²) in [5.74, 6) is 0. The molecule has 112 valence electrons. The molecular weight excluding hydrogens is 294 g/mol. The highest BCUT2D eigenvalue weighted by Gasteiger charge is 2.15. The van der Waals surface area contributed by atoms with Gasteiger partial charge in [-0.05, 0) is 17.9 Å². The van der Waals surface area contributed by atoms with E-state index in [1.54, 1.807) is 11.8 Å².